The van der Waals surface area contributed by atoms with E-state index in [1.54, 1.807) is 13.3 Å². The molecule has 0 radical (unpaired) electrons. The number of H-pyrrole nitrogens is 1. The molecule has 0 fully saturated rings. The molecule has 1 amide bonds. The molecule has 1 unspecified atom stereocenters. The van der Waals surface area contributed by atoms with Crippen LogP contribution in [0.4, 0.5) is 0 Å². The molecule has 2 aromatic heterocycles. The van der Waals surface area contributed by atoms with Crippen molar-refractivity contribution in [3.8, 4) is 39.5 Å². The lowest BCUT2D eigenvalue weighted by molar-refractivity contribution is -0.153. The molecule has 0 saturated carbocycles. The van der Waals surface area contributed by atoms with Crippen molar-refractivity contribution in [2.75, 3.05) is 7.11 Å². The van der Waals surface area contributed by atoms with Crippen molar-refractivity contribution < 1.29 is 19.4 Å². The van der Waals surface area contributed by atoms with Crippen LogP contribution >= 0.6 is 0 Å². The Bertz CT molecular complexity index is 1440. The number of tetrazole rings is 1. The minimum absolute atomic E-state index is 0.149. The number of ether oxygens (including phenoxy) is 1. The van der Waals surface area contributed by atoms with Crippen molar-refractivity contribution in [2.24, 2.45) is 5.92 Å². The summed E-state index contributed by atoms with van der Waals surface area (Å²) < 4.78 is 5.47. The molecule has 0 spiro atoms. The SMILES string of the molecule is CCCCC(=O)N(Cc1ccc(-c2cc(-c3cccnc3OC)ccc2-c2nn[nH]n2)cc1)C(C(=O)O)C(C)C. The number of carbonyl (C=O) groups is 2. The van der Waals surface area contributed by atoms with Crippen molar-refractivity contribution in [1.29, 1.82) is 0 Å². The number of pyridine rings is 1. The maximum absolute atomic E-state index is 13.1. The molecule has 0 aliphatic carbocycles. The van der Waals surface area contributed by atoms with E-state index in [1.165, 1.54) is 4.90 Å². The normalized spacial score (nSPS) is 11.8. The Morgan fingerprint density at radius 2 is 1.77 bits per heavy atom. The van der Waals surface area contributed by atoms with Crippen LogP contribution in [0, 0.1) is 5.92 Å². The molecule has 0 aliphatic rings. The van der Waals surface area contributed by atoms with Crippen LogP contribution in [0.15, 0.2) is 60.8 Å². The summed E-state index contributed by atoms with van der Waals surface area (Å²) in [5.41, 5.74) is 5.15. The molecule has 10 nitrogen and oxygen atoms in total. The predicted molar refractivity (Wildman–Crippen MR) is 151 cm³/mol. The average Bonchev–Trinajstić information content (AvgIpc) is 3.50. The van der Waals surface area contributed by atoms with E-state index in [0.29, 0.717) is 18.1 Å². The van der Waals surface area contributed by atoms with E-state index in [9.17, 15) is 14.7 Å². The fourth-order valence-electron chi connectivity index (χ4n) is 4.77. The zero-order chi connectivity index (χ0) is 28.6. The largest absolute Gasteiger partial charge is 0.481 e. The van der Waals surface area contributed by atoms with Gasteiger partial charge in [-0.2, -0.15) is 5.21 Å². The molecule has 1 atom stereocenters. The van der Waals surface area contributed by atoms with Crippen molar-refractivity contribution in [3.63, 3.8) is 0 Å². The number of unbranched alkanes of at least 4 members (excludes halogenated alkanes) is 1. The summed E-state index contributed by atoms with van der Waals surface area (Å²) in [4.78, 5) is 31.0. The van der Waals surface area contributed by atoms with E-state index in [0.717, 1.165) is 46.2 Å². The lowest BCUT2D eigenvalue weighted by Gasteiger charge is -2.32. The van der Waals surface area contributed by atoms with Gasteiger partial charge < -0.3 is 14.7 Å². The van der Waals surface area contributed by atoms with E-state index in [1.807, 2.05) is 75.4 Å². The van der Waals surface area contributed by atoms with E-state index >= 15 is 0 Å². The zero-order valence-corrected chi connectivity index (χ0v) is 23.2. The molecule has 4 rings (SSSR count). The second kappa shape index (κ2) is 13.0. The highest BCUT2D eigenvalue weighted by Crippen LogP contribution is 2.36. The van der Waals surface area contributed by atoms with Crippen LogP contribution in [0.5, 0.6) is 5.88 Å². The fourth-order valence-corrected chi connectivity index (χ4v) is 4.77. The molecular formula is C30H34N6O4. The van der Waals surface area contributed by atoms with Crippen molar-refractivity contribution in [1.82, 2.24) is 30.5 Å². The van der Waals surface area contributed by atoms with Crippen LogP contribution in [0.25, 0.3) is 33.6 Å². The number of carboxylic acids is 1. The second-order valence-corrected chi connectivity index (χ2v) is 9.91. The molecule has 208 valence electrons. The highest BCUT2D eigenvalue weighted by molar-refractivity contribution is 5.86. The summed E-state index contributed by atoms with van der Waals surface area (Å²) in [6.07, 6.45) is 3.58. The van der Waals surface area contributed by atoms with Gasteiger partial charge in [-0.1, -0.05) is 57.5 Å². The van der Waals surface area contributed by atoms with Crippen molar-refractivity contribution in [2.45, 2.75) is 52.6 Å². The average molecular weight is 543 g/mol. The topological polar surface area (TPSA) is 134 Å². The van der Waals surface area contributed by atoms with Crippen LogP contribution < -0.4 is 4.74 Å². The number of aromatic nitrogens is 5. The highest BCUT2D eigenvalue weighted by atomic mass is 16.5. The second-order valence-electron chi connectivity index (χ2n) is 9.91. The number of benzene rings is 2. The van der Waals surface area contributed by atoms with Gasteiger partial charge in [0.05, 0.1) is 7.11 Å². The molecule has 2 N–H and O–H groups in total. The van der Waals surface area contributed by atoms with Gasteiger partial charge in [-0.25, -0.2) is 9.78 Å². The van der Waals surface area contributed by atoms with Gasteiger partial charge >= 0.3 is 5.97 Å². The van der Waals surface area contributed by atoms with E-state index < -0.39 is 12.0 Å². The summed E-state index contributed by atoms with van der Waals surface area (Å²) in [6.45, 7) is 5.87. The van der Waals surface area contributed by atoms with Gasteiger partial charge in [-0.15, -0.1) is 10.2 Å². The number of aliphatic carboxylic acids is 1. The quantitative estimate of drug-likeness (QED) is 0.248. The Kier molecular flexibility index (Phi) is 9.21. The minimum Gasteiger partial charge on any atom is -0.481 e. The van der Waals surface area contributed by atoms with Gasteiger partial charge in [0.2, 0.25) is 17.6 Å². The first-order valence-electron chi connectivity index (χ1n) is 13.3. The maximum atomic E-state index is 13.1. The van der Waals surface area contributed by atoms with Gasteiger partial charge in [-0.05, 0) is 64.1 Å². The first kappa shape index (κ1) is 28.4. The Morgan fingerprint density at radius 3 is 2.40 bits per heavy atom. The number of rotatable bonds is 12. The third-order valence-electron chi connectivity index (χ3n) is 6.78. The number of carbonyl (C=O) groups excluding carboxylic acids is 1. The van der Waals surface area contributed by atoms with Crippen molar-refractivity contribution >= 4 is 11.9 Å². The number of nitrogens with zero attached hydrogens (tertiary/aromatic N) is 5. The highest BCUT2D eigenvalue weighted by Gasteiger charge is 2.32. The Morgan fingerprint density at radius 1 is 1.02 bits per heavy atom. The number of aromatic amines is 1. The maximum Gasteiger partial charge on any atom is 0.326 e. The van der Waals surface area contributed by atoms with Crippen molar-refractivity contribution in [3.05, 3.63) is 66.4 Å². The Balaban J connectivity index is 1.71. The summed E-state index contributed by atoms with van der Waals surface area (Å²) in [5, 5.41) is 24.5. The van der Waals surface area contributed by atoms with Gasteiger partial charge in [0.25, 0.3) is 0 Å². The van der Waals surface area contributed by atoms with E-state index in [-0.39, 0.29) is 18.4 Å². The lowest BCUT2D eigenvalue weighted by atomic mass is 9.93. The van der Waals surface area contributed by atoms with Gasteiger partial charge in [-0.3, -0.25) is 4.79 Å². The first-order valence-corrected chi connectivity index (χ1v) is 13.3. The van der Waals surface area contributed by atoms with Gasteiger partial charge in [0.1, 0.15) is 6.04 Å². The third kappa shape index (κ3) is 6.33. The number of carboxylic acid groups (broad SMARTS) is 1. The monoisotopic (exact) mass is 542 g/mol. The molecule has 10 heteroatoms. The number of hydrogen-bond acceptors (Lipinski definition) is 7. The summed E-state index contributed by atoms with van der Waals surface area (Å²) in [6, 6.07) is 16.6. The molecule has 2 aromatic carbocycles. The molecule has 0 saturated heterocycles. The number of hydrogen-bond donors (Lipinski definition) is 2. The number of methoxy groups -OCH3 is 1. The minimum atomic E-state index is -0.996. The zero-order valence-electron chi connectivity index (χ0n) is 23.2. The summed E-state index contributed by atoms with van der Waals surface area (Å²) in [7, 11) is 1.59. The molecular weight excluding hydrogens is 508 g/mol. The fraction of sp³-hybridized carbons (Fsp3) is 0.333. The van der Waals surface area contributed by atoms with E-state index in [2.05, 4.69) is 25.6 Å². The first-order chi connectivity index (χ1) is 19.3. The Labute approximate surface area is 233 Å². The lowest BCUT2D eigenvalue weighted by Crippen LogP contribution is -2.47. The van der Waals surface area contributed by atoms with Gasteiger partial charge in [0, 0.05) is 30.3 Å². The third-order valence-corrected chi connectivity index (χ3v) is 6.78. The molecule has 4 aromatic rings. The molecule has 0 aliphatic heterocycles. The molecule has 0 bridgehead atoms. The summed E-state index contributed by atoms with van der Waals surface area (Å²) >= 11 is 0. The van der Waals surface area contributed by atoms with Crippen LogP contribution in [0.1, 0.15) is 45.6 Å². The number of amides is 1. The van der Waals surface area contributed by atoms with Gasteiger partial charge in [0.15, 0.2) is 0 Å². The standard InChI is InChI=1S/C30H34N6O4/c1-5-6-9-26(37)36(27(19(2)3)30(38)39)18-20-10-12-21(13-11-20)25-17-22(23-8-7-16-31-29(23)40-4)14-15-24(25)28-32-34-35-33-28/h7-8,10-17,19,27H,5-6,9,18H2,1-4H3,(H,38,39)(H,32,33,34,35). The van der Waals surface area contributed by atoms with Crippen LogP contribution in [0.3, 0.4) is 0 Å². The molecule has 40 heavy (non-hydrogen) atoms. The number of nitrogens with one attached hydrogen (secondary N) is 1. The van der Waals surface area contributed by atoms with Crippen LogP contribution in [-0.2, 0) is 16.1 Å². The summed E-state index contributed by atoms with van der Waals surface area (Å²) in [5.74, 6) is -0.403. The molecule has 2 heterocycles. The predicted octanol–water partition coefficient (Wildman–Crippen LogP) is 5.23. The smallest absolute Gasteiger partial charge is 0.326 e. The Hall–Kier alpha value is -4.60. The van der Waals surface area contributed by atoms with E-state index in [4.69, 9.17) is 4.74 Å². The van der Waals surface area contributed by atoms with Crippen LogP contribution in [0.2, 0.25) is 0 Å². The van der Waals surface area contributed by atoms with Crippen LogP contribution in [-0.4, -0.2) is 60.6 Å².